The quantitative estimate of drug-likeness (QED) is 0.526. The first kappa shape index (κ1) is 21.4. The predicted molar refractivity (Wildman–Crippen MR) is 114 cm³/mol. The van der Waals surface area contributed by atoms with Crippen molar-refractivity contribution < 1.29 is 19.1 Å². The van der Waals surface area contributed by atoms with Crippen molar-refractivity contribution in [2.45, 2.75) is 26.2 Å². The number of amides is 3. The minimum absolute atomic E-state index is 0.0354. The Kier molecular flexibility index (Phi) is 7.43. The molecule has 3 rings (SSSR count). The number of hydrogen-bond acceptors (Lipinski definition) is 4. The fourth-order valence-electron chi connectivity index (χ4n) is 2.89. The van der Waals surface area contributed by atoms with Gasteiger partial charge in [0, 0.05) is 30.3 Å². The highest BCUT2D eigenvalue weighted by atomic mass is 16.5. The normalized spacial score (nSPS) is 12.7. The summed E-state index contributed by atoms with van der Waals surface area (Å²) < 4.78 is 5.38. The molecule has 0 spiro atoms. The lowest BCUT2D eigenvalue weighted by Crippen LogP contribution is -2.35. The van der Waals surface area contributed by atoms with Crippen molar-refractivity contribution in [1.82, 2.24) is 10.6 Å². The summed E-state index contributed by atoms with van der Waals surface area (Å²) in [6, 6.07) is 14.2. The van der Waals surface area contributed by atoms with Crippen molar-refractivity contribution in [2.75, 3.05) is 25.0 Å². The molecule has 0 heterocycles. The van der Waals surface area contributed by atoms with Gasteiger partial charge in [0.15, 0.2) is 0 Å². The molecule has 1 aliphatic carbocycles. The summed E-state index contributed by atoms with van der Waals surface area (Å²) in [6.45, 7) is 3.20. The highest BCUT2D eigenvalue weighted by molar-refractivity contribution is 5.96. The van der Waals surface area contributed by atoms with Crippen LogP contribution in [-0.2, 0) is 16.0 Å². The number of rotatable bonds is 10. The summed E-state index contributed by atoms with van der Waals surface area (Å²) in [7, 11) is 0. The molecule has 1 aliphatic rings. The molecule has 0 saturated heterocycles. The second kappa shape index (κ2) is 10.4. The van der Waals surface area contributed by atoms with Crippen molar-refractivity contribution >= 4 is 23.4 Å². The first-order valence-corrected chi connectivity index (χ1v) is 10.2. The van der Waals surface area contributed by atoms with Gasteiger partial charge in [-0.2, -0.15) is 0 Å². The van der Waals surface area contributed by atoms with Gasteiger partial charge in [-0.1, -0.05) is 12.1 Å². The van der Waals surface area contributed by atoms with Crippen LogP contribution in [0.1, 0.15) is 35.7 Å². The maximum atomic E-state index is 12.2. The minimum Gasteiger partial charge on any atom is -0.494 e. The lowest BCUT2D eigenvalue weighted by atomic mass is 10.1. The van der Waals surface area contributed by atoms with E-state index in [1.165, 1.54) is 0 Å². The Bertz CT molecular complexity index is 874. The highest BCUT2D eigenvalue weighted by Gasteiger charge is 2.29. The van der Waals surface area contributed by atoms with Crippen LogP contribution in [0.3, 0.4) is 0 Å². The molecule has 0 atom stereocenters. The van der Waals surface area contributed by atoms with Crippen molar-refractivity contribution in [1.29, 1.82) is 0 Å². The lowest BCUT2D eigenvalue weighted by Gasteiger charge is -2.09. The zero-order chi connectivity index (χ0) is 21.3. The molecule has 1 saturated carbocycles. The molecule has 3 amide bonds. The lowest BCUT2D eigenvalue weighted by molar-refractivity contribution is -0.120. The third kappa shape index (κ3) is 6.62. The van der Waals surface area contributed by atoms with Crippen molar-refractivity contribution in [2.24, 2.45) is 5.92 Å². The van der Waals surface area contributed by atoms with E-state index in [9.17, 15) is 14.4 Å². The average Bonchev–Trinajstić information content (AvgIpc) is 3.59. The fourth-order valence-corrected chi connectivity index (χ4v) is 2.89. The molecular weight excluding hydrogens is 382 g/mol. The van der Waals surface area contributed by atoms with E-state index in [2.05, 4.69) is 16.0 Å². The van der Waals surface area contributed by atoms with E-state index < -0.39 is 0 Å². The zero-order valence-corrected chi connectivity index (χ0v) is 17.1. The molecule has 3 N–H and O–H groups in total. The molecule has 1 fully saturated rings. The Morgan fingerprint density at radius 2 is 1.60 bits per heavy atom. The smallest absolute Gasteiger partial charge is 0.251 e. The molecule has 30 heavy (non-hydrogen) atoms. The summed E-state index contributed by atoms with van der Waals surface area (Å²) in [5.41, 5.74) is 2.08. The fraction of sp³-hybridized carbons (Fsp3) is 0.348. The second-order valence-corrected chi connectivity index (χ2v) is 7.20. The van der Waals surface area contributed by atoms with Crippen LogP contribution in [0.4, 0.5) is 5.69 Å². The molecule has 7 nitrogen and oxygen atoms in total. The molecule has 0 unspecified atom stereocenters. The van der Waals surface area contributed by atoms with Gasteiger partial charge >= 0.3 is 0 Å². The summed E-state index contributed by atoms with van der Waals surface area (Å²) >= 11 is 0. The third-order valence-corrected chi connectivity index (χ3v) is 4.69. The number of ether oxygens (including phenoxy) is 1. The molecule has 0 bridgehead atoms. The standard InChI is InChI=1S/C23H27N3O4/c1-2-30-20-11-3-16(4-12-20)15-21(27)24-13-14-25-22(28)17-7-9-19(10-8-17)26-23(29)18-5-6-18/h3-4,7-12,18H,2,5-6,13-15H2,1H3,(H,24,27)(H,25,28)(H,26,29). The van der Waals surface area contributed by atoms with Gasteiger partial charge in [0.1, 0.15) is 5.75 Å². The van der Waals surface area contributed by atoms with Crippen LogP contribution >= 0.6 is 0 Å². The van der Waals surface area contributed by atoms with E-state index >= 15 is 0 Å². The predicted octanol–water partition coefficient (Wildman–Crippen LogP) is 2.52. The van der Waals surface area contributed by atoms with Crippen LogP contribution in [0.15, 0.2) is 48.5 Å². The molecule has 0 radical (unpaired) electrons. The summed E-state index contributed by atoms with van der Waals surface area (Å²) in [5.74, 6) is 0.619. The van der Waals surface area contributed by atoms with Gasteiger partial charge < -0.3 is 20.7 Å². The Morgan fingerprint density at radius 3 is 2.23 bits per heavy atom. The molecule has 7 heteroatoms. The van der Waals surface area contributed by atoms with E-state index in [-0.39, 0.29) is 30.1 Å². The summed E-state index contributed by atoms with van der Waals surface area (Å²) in [6.07, 6.45) is 2.17. The number of carbonyl (C=O) groups excluding carboxylic acids is 3. The first-order valence-electron chi connectivity index (χ1n) is 10.2. The Hall–Kier alpha value is -3.35. The van der Waals surface area contributed by atoms with Gasteiger partial charge in [-0.05, 0) is 61.7 Å². The molecule has 0 aromatic heterocycles. The van der Waals surface area contributed by atoms with E-state index in [4.69, 9.17) is 4.74 Å². The monoisotopic (exact) mass is 409 g/mol. The second-order valence-electron chi connectivity index (χ2n) is 7.20. The van der Waals surface area contributed by atoms with E-state index in [1.807, 2.05) is 31.2 Å². The van der Waals surface area contributed by atoms with Crippen molar-refractivity contribution in [3.63, 3.8) is 0 Å². The number of benzene rings is 2. The van der Waals surface area contributed by atoms with Crippen molar-refractivity contribution in [3.05, 3.63) is 59.7 Å². The molecule has 2 aromatic carbocycles. The van der Waals surface area contributed by atoms with Gasteiger partial charge in [-0.25, -0.2) is 0 Å². The molecule has 158 valence electrons. The average molecular weight is 409 g/mol. The van der Waals surface area contributed by atoms with Crippen LogP contribution in [0.25, 0.3) is 0 Å². The Labute approximate surface area is 176 Å². The van der Waals surface area contributed by atoms with E-state index in [0.29, 0.717) is 30.9 Å². The van der Waals surface area contributed by atoms with Gasteiger partial charge in [0.25, 0.3) is 5.91 Å². The summed E-state index contributed by atoms with van der Waals surface area (Å²) in [5, 5.41) is 8.40. The molecular formula is C23H27N3O4. The van der Waals surface area contributed by atoms with Crippen LogP contribution in [-0.4, -0.2) is 37.4 Å². The first-order chi connectivity index (χ1) is 14.5. The van der Waals surface area contributed by atoms with E-state index in [1.54, 1.807) is 24.3 Å². The van der Waals surface area contributed by atoms with Crippen LogP contribution in [0.2, 0.25) is 0 Å². The maximum Gasteiger partial charge on any atom is 0.251 e. The van der Waals surface area contributed by atoms with Crippen LogP contribution in [0.5, 0.6) is 5.75 Å². The van der Waals surface area contributed by atoms with Crippen LogP contribution < -0.4 is 20.7 Å². The third-order valence-electron chi connectivity index (χ3n) is 4.69. The van der Waals surface area contributed by atoms with E-state index in [0.717, 1.165) is 24.2 Å². The number of carbonyl (C=O) groups is 3. The van der Waals surface area contributed by atoms with Gasteiger partial charge in [-0.3, -0.25) is 14.4 Å². The van der Waals surface area contributed by atoms with Gasteiger partial charge in [-0.15, -0.1) is 0 Å². The van der Waals surface area contributed by atoms with Gasteiger partial charge in [0.2, 0.25) is 11.8 Å². The Morgan fingerprint density at radius 1 is 0.933 bits per heavy atom. The highest BCUT2D eigenvalue weighted by Crippen LogP contribution is 2.30. The van der Waals surface area contributed by atoms with Crippen molar-refractivity contribution in [3.8, 4) is 5.75 Å². The largest absolute Gasteiger partial charge is 0.494 e. The topological polar surface area (TPSA) is 96.5 Å². The SMILES string of the molecule is CCOc1ccc(CC(=O)NCCNC(=O)c2ccc(NC(=O)C3CC3)cc2)cc1. The minimum atomic E-state index is -0.226. The zero-order valence-electron chi connectivity index (χ0n) is 17.1. The number of anilines is 1. The molecule has 2 aromatic rings. The maximum absolute atomic E-state index is 12.2. The molecule has 0 aliphatic heterocycles. The van der Waals surface area contributed by atoms with Crippen LogP contribution in [0, 0.1) is 5.92 Å². The number of nitrogens with one attached hydrogen (secondary N) is 3. The Balaban J connectivity index is 1.34. The summed E-state index contributed by atoms with van der Waals surface area (Å²) in [4.78, 5) is 36.0. The van der Waals surface area contributed by atoms with Gasteiger partial charge in [0.05, 0.1) is 13.0 Å². The number of hydrogen-bond donors (Lipinski definition) is 3.